The summed E-state index contributed by atoms with van der Waals surface area (Å²) in [5.74, 6) is 0.634. The third kappa shape index (κ3) is 2.07. The molecule has 0 bridgehead atoms. The number of anilines is 1. The van der Waals surface area contributed by atoms with Crippen LogP contribution in [0.3, 0.4) is 0 Å². The minimum atomic E-state index is 0.0771. The van der Waals surface area contributed by atoms with E-state index in [1.807, 2.05) is 6.07 Å². The maximum absolute atomic E-state index is 11.6. The van der Waals surface area contributed by atoms with Crippen molar-refractivity contribution in [2.75, 3.05) is 31.6 Å². The first-order valence-electron chi connectivity index (χ1n) is 4.82. The second-order valence-electron chi connectivity index (χ2n) is 3.28. The first kappa shape index (κ1) is 9.92. The second kappa shape index (κ2) is 4.27. The van der Waals surface area contributed by atoms with Crippen molar-refractivity contribution in [3.05, 3.63) is 18.3 Å². The van der Waals surface area contributed by atoms with Gasteiger partial charge in [-0.15, -0.1) is 0 Å². The maximum atomic E-state index is 11.6. The average Bonchev–Trinajstić information content (AvgIpc) is 2.30. The van der Waals surface area contributed by atoms with Crippen LogP contribution in [-0.2, 0) is 4.79 Å². The fraction of sp³-hybridized carbons (Fsp3) is 0.400. The van der Waals surface area contributed by atoms with Gasteiger partial charge < -0.3 is 15.0 Å². The number of pyridine rings is 1. The lowest BCUT2D eigenvalue weighted by molar-refractivity contribution is -0.118. The highest BCUT2D eigenvalue weighted by Gasteiger charge is 2.19. The molecule has 0 aliphatic carbocycles. The zero-order valence-corrected chi connectivity index (χ0v) is 8.56. The van der Waals surface area contributed by atoms with E-state index in [1.54, 1.807) is 24.3 Å². The summed E-state index contributed by atoms with van der Waals surface area (Å²) in [6.07, 6.45) is 1.65. The van der Waals surface area contributed by atoms with E-state index in [0.717, 1.165) is 12.2 Å². The van der Waals surface area contributed by atoms with Gasteiger partial charge >= 0.3 is 0 Å². The highest BCUT2D eigenvalue weighted by molar-refractivity contribution is 5.95. The molecule has 15 heavy (non-hydrogen) atoms. The van der Waals surface area contributed by atoms with Crippen LogP contribution < -0.4 is 15.0 Å². The van der Waals surface area contributed by atoms with Crippen molar-refractivity contribution in [1.82, 2.24) is 10.3 Å². The van der Waals surface area contributed by atoms with Crippen molar-refractivity contribution < 1.29 is 9.53 Å². The lowest BCUT2D eigenvalue weighted by Gasteiger charge is -2.27. The number of methoxy groups -OCH3 is 1. The smallest absolute Gasteiger partial charge is 0.241 e. The number of rotatable bonds is 2. The van der Waals surface area contributed by atoms with Crippen molar-refractivity contribution >= 4 is 11.6 Å². The van der Waals surface area contributed by atoms with Gasteiger partial charge in [-0.05, 0) is 6.07 Å². The number of carbonyl (C=O) groups excluding carboxylic acids is 1. The van der Waals surface area contributed by atoms with E-state index in [4.69, 9.17) is 4.74 Å². The van der Waals surface area contributed by atoms with Crippen molar-refractivity contribution in [3.63, 3.8) is 0 Å². The molecule has 5 nitrogen and oxygen atoms in total. The van der Waals surface area contributed by atoms with Gasteiger partial charge in [-0.2, -0.15) is 0 Å². The molecule has 1 aliphatic heterocycles. The van der Waals surface area contributed by atoms with Crippen LogP contribution in [-0.4, -0.2) is 37.6 Å². The number of hydrogen-bond donors (Lipinski definition) is 1. The van der Waals surface area contributed by atoms with Gasteiger partial charge in [0.05, 0.1) is 25.5 Å². The zero-order valence-electron chi connectivity index (χ0n) is 8.56. The molecule has 0 aromatic carbocycles. The van der Waals surface area contributed by atoms with E-state index in [0.29, 0.717) is 19.0 Å². The van der Waals surface area contributed by atoms with Crippen molar-refractivity contribution in [3.8, 4) is 5.88 Å². The van der Waals surface area contributed by atoms with Crippen molar-refractivity contribution in [2.45, 2.75) is 0 Å². The monoisotopic (exact) mass is 207 g/mol. The van der Waals surface area contributed by atoms with Crippen LogP contribution in [0.5, 0.6) is 5.88 Å². The molecule has 1 aromatic heterocycles. The van der Waals surface area contributed by atoms with Gasteiger partial charge in [0.25, 0.3) is 0 Å². The van der Waals surface area contributed by atoms with Gasteiger partial charge in [0.1, 0.15) is 0 Å². The van der Waals surface area contributed by atoms with Crippen molar-refractivity contribution in [1.29, 1.82) is 0 Å². The van der Waals surface area contributed by atoms with Crippen LogP contribution in [0.25, 0.3) is 0 Å². The van der Waals surface area contributed by atoms with Crippen LogP contribution in [0.1, 0.15) is 0 Å². The molecule has 2 heterocycles. The van der Waals surface area contributed by atoms with Crippen LogP contribution >= 0.6 is 0 Å². The Labute approximate surface area is 88.1 Å². The number of nitrogens with zero attached hydrogens (tertiary/aromatic N) is 2. The number of ether oxygens (including phenoxy) is 1. The average molecular weight is 207 g/mol. The Morgan fingerprint density at radius 2 is 2.40 bits per heavy atom. The SMILES string of the molecule is COc1ccc(N2CCNCC2=O)cn1. The highest BCUT2D eigenvalue weighted by atomic mass is 16.5. The van der Waals surface area contributed by atoms with Crippen LogP contribution in [0, 0.1) is 0 Å². The largest absolute Gasteiger partial charge is 0.481 e. The number of piperazine rings is 1. The Hall–Kier alpha value is -1.62. The van der Waals surface area contributed by atoms with E-state index >= 15 is 0 Å². The summed E-state index contributed by atoms with van der Waals surface area (Å²) in [7, 11) is 1.57. The summed E-state index contributed by atoms with van der Waals surface area (Å²) >= 11 is 0. The first-order valence-corrected chi connectivity index (χ1v) is 4.82. The summed E-state index contributed by atoms with van der Waals surface area (Å²) in [5, 5.41) is 3.02. The number of amides is 1. The zero-order chi connectivity index (χ0) is 10.7. The Morgan fingerprint density at radius 3 is 3.00 bits per heavy atom. The highest BCUT2D eigenvalue weighted by Crippen LogP contribution is 2.16. The Balaban J connectivity index is 2.17. The van der Waals surface area contributed by atoms with E-state index in [1.165, 1.54) is 0 Å². The molecule has 1 aliphatic rings. The third-order valence-electron chi connectivity index (χ3n) is 2.33. The van der Waals surface area contributed by atoms with Crippen molar-refractivity contribution in [2.24, 2.45) is 0 Å². The van der Waals surface area contributed by atoms with Crippen LogP contribution in [0.4, 0.5) is 5.69 Å². The minimum absolute atomic E-state index is 0.0771. The standard InChI is InChI=1S/C10H13N3O2/c1-15-9-3-2-8(6-12-9)13-5-4-11-7-10(13)14/h2-3,6,11H,4-5,7H2,1H3. The van der Waals surface area contributed by atoms with Gasteiger partial charge in [0, 0.05) is 19.2 Å². The summed E-state index contributed by atoms with van der Waals surface area (Å²) in [6.45, 7) is 1.90. The number of nitrogens with one attached hydrogen (secondary N) is 1. The molecule has 0 atom stereocenters. The van der Waals surface area contributed by atoms with E-state index < -0.39 is 0 Å². The summed E-state index contributed by atoms with van der Waals surface area (Å²) < 4.78 is 4.96. The Kier molecular flexibility index (Phi) is 2.82. The van der Waals surface area contributed by atoms with Gasteiger partial charge in [-0.3, -0.25) is 4.79 Å². The molecule has 1 N–H and O–H groups in total. The van der Waals surface area contributed by atoms with E-state index in [2.05, 4.69) is 10.3 Å². The summed E-state index contributed by atoms with van der Waals surface area (Å²) in [5.41, 5.74) is 0.822. The van der Waals surface area contributed by atoms with Gasteiger partial charge in [-0.1, -0.05) is 0 Å². The maximum Gasteiger partial charge on any atom is 0.241 e. The molecule has 0 spiro atoms. The number of hydrogen-bond acceptors (Lipinski definition) is 4. The fourth-order valence-electron chi connectivity index (χ4n) is 1.53. The molecule has 0 saturated carbocycles. The molecule has 1 aromatic rings. The topological polar surface area (TPSA) is 54.5 Å². The predicted octanol–water partition coefficient (Wildman–Crippen LogP) is 0.0264. The van der Waals surface area contributed by atoms with Gasteiger partial charge in [0.15, 0.2) is 0 Å². The lowest BCUT2D eigenvalue weighted by Crippen LogP contribution is -2.48. The molecule has 1 fully saturated rings. The molecule has 80 valence electrons. The number of aromatic nitrogens is 1. The molecule has 5 heteroatoms. The molecular weight excluding hydrogens is 194 g/mol. The predicted molar refractivity (Wildman–Crippen MR) is 56.0 cm³/mol. The fourth-order valence-corrected chi connectivity index (χ4v) is 1.53. The first-order chi connectivity index (χ1) is 7.31. The summed E-state index contributed by atoms with van der Waals surface area (Å²) in [6, 6.07) is 3.60. The molecule has 1 amide bonds. The third-order valence-corrected chi connectivity index (χ3v) is 2.33. The van der Waals surface area contributed by atoms with E-state index in [-0.39, 0.29) is 5.91 Å². The van der Waals surface area contributed by atoms with Gasteiger partial charge in [-0.25, -0.2) is 4.98 Å². The normalized spacial score (nSPS) is 16.6. The van der Waals surface area contributed by atoms with E-state index in [9.17, 15) is 4.79 Å². The van der Waals surface area contributed by atoms with Crippen LogP contribution in [0.15, 0.2) is 18.3 Å². The second-order valence-corrected chi connectivity index (χ2v) is 3.28. The lowest BCUT2D eigenvalue weighted by atomic mass is 10.3. The summed E-state index contributed by atoms with van der Waals surface area (Å²) in [4.78, 5) is 17.3. The van der Waals surface area contributed by atoms with Gasteiger partial charge in [0.2, 0.25) is 11.8 Å². The Bertz CT molecular complexity index is 350. The molecule has 0 radical (unpaired) electrons. The quantitative estimate of drug-likeness (QED) is 0.743. The number of carbonyl (C=O) groups is 1. The molecular formula is C10H13N3O2. The van der Waals surface area contributed by atoms with Crippen LogP contribution in [0.2, 0.25) is 0 Å². The molecule has 2 rings (SSSR count). The minimum Gasteiger partial charge on any atom is -0.481 e. The Morgan fingerprint density at radius 1 is 1.53 bits per heavy atom. The molecule has 0 unspecified atom stereocenters. The molecule has 1 saturated heterocycles.